The summed E-state index contributed by atoms with van der Waals surface area (Å²) >= 11 is 0. The number of fused-ring (bicyclic) bond motifs is 1. The van der Waals surface area contributed by atoms with Crippen LogP contribution >= 0.6 is 0 Å². The third-order valence-corrected chi connectivity index (χ3v) is 4.93. The van der Waals surface area contributed by atoms with Gasteiger partial charge in [0.25, 0.3) is 0 Å². The zero-order valence-electron chi connectivity index (χ0n) is 13.1. The number of aliphatic hydroxyl groups excluding tert-OH is 1. The van der Waals surface area contributed by atoms with Crippen LogP contribution in [0.1, 0.15) is 12.8 Å². The summed E-state index contributed by atoms with van der Waals surface area (Å²) in [6.07, 6.45) is 8.43. The van der Waals surface area contributed by atoms with Crippen LogP contribution in [0.5, 0.6) is 0 Å². The predicted octanol–water partition coefficient (Wildman–Crippen LogP) is 1.09. The van der Waals surface area contributed by atoms with Gasteiger partial charge in [-0.15, -0.1) is 0 Å². The molecule has 0 spiro atoms. The Hall–Kier alpha value is -2.35. The summed E-state index contributed by atoms with van der Waals surface area (Å²) in [7, 11) is 0. The minimum absolute atomic E-state index is 0.0444. The standard InChI is InChI=1S/C16H19FN6O/c17-12-5-20-16(21-6-12)23-8-10-3-13(14(24)4-11(10)9-23)22-15-7-18-1-2-19-15/h1-2,5-7,10-11,13-14,24H,3-4,8-9H2,(H,19,22)/t10-,11+,13-,14-/m1/s1. The predicted molar refractivity (Wildman–Crippen MR) is 85.9 cm³/mol. The van der Waals surface area contributed by atoms with E-state index < -0.39 is 11.9 Å². The first-order valence-electron chi connectivity index (χ1n) is 8.12. The van der Waals surface area contributed by atoms with Gasteiger partial charge >= 0.3 is 0 Å². The van der Waals surface area contributed by atoms with Gasteiger partial charge in [-0.1, -0.05) is 0 Å². The molecule has 0 unspecified atom stereocenters. The smallest absolute Gasteiger partial charge is 0.225 e. The summed E-state index contributed by atoms with van der Waals surface area (Å²) < 4.78 is 13.0. The molecule has 2 aromatic rings. The highest BCUT2D eigenvalue weighted by molar-refractivity contribution is 5.34. The highest BCUT2D eigenvalue weighted by Crippen LogP contribution is 2.38. The molecule has 0 radical (unpaired) electrons. The summed E-state index contributed by atoms with van der Waals surface area (Å²) in [5.41, 5.74) is 0. The van der Waals surface area contributed by atoms with E-state index in [2.05, 4.69) is 30.2 Å². The number of nitrogens with one attached hydrogen (secondary N) is 1. The van der Waals surface area contributed by atoms with E-state index in [1.807, 2.05) is 0 Å². The molecule has 4 rings (SSSR count). The Balaban J connectivity index is 1.44. The van der Waals surface area contributed by atoms with Gasteiger partial charge in [-0.2, -0.15) is 0 Å². The Morgan fingerprint density at radius 2 is 1.79 bits per heavy atom. The van der Waals surface area contributed by atoms with Crippen LogP contribution < -0.4 is 10.2 Å². The van der Waals surface area contributed by atoms with E-state index in [9.17, 15) is 9.50 Å². The molecule has 126 valence electrons. The van der Waals surface area contributed by atoms with Crippen molar-refractivity contribution in [1.29, 1.82) is 0 Å². The second kappa shape index (κ2) is 6.27. The Morgan fingerprint density at radius 3 is 2.50 bits per heavy atom. The fourth-order valence-corrected chi connectivity index (χ4v) is 3.78. The van der Waals surface area contributed by atoms with Crippen LogP contribution in [-0.4, -0.2) is 50.3 Å². The lowest BCUT2D eigenvalue weighted by Crippen LogP contribution is -2.43. The van der Waals surface area contributed by atoms with Gasteiger partial charge in [0, 0.05) is 25.5 Å². The lowest BCUT2D eigenvalue weighted by atomic mass is 9.77. The van der Waals surface area contributed by atoms with Crippen molar-refractivity contribution in [3.8, 4) is 0 Å². The molecule has 1 saturated heterocycles. The SMILES string of the molecule is O[C@@H]1C[C@H]2CN(c3ncc(F)cn3)C[C@H]2C[C@H]1Nc1cnccn1. The summed E-state index contributed by atoms with van der Waals surface area (Å²) in [6, 6.07) is -0.0444. The van der Waals surface area contributed by atoms with Gasteiger partial charge in [-0.25, -0.2) is 19.3 Å². The van der Waals surface area contributed by atoms with E-state index >= 15 is 0 Å². The molecule has 1 aliphatic carbocycles. The third-order valence-electron chi connectivity index (χ3n) is 4.93. The van der Waals surface area contributed by atoms with Crippen LogP contribution in [0.2, 0.25) is 0 Å². The fourth-order valence-electron chi connectivity index (χ4n) is 3.78. The van der Waals surface area contributed by atoms with Gasteiger partial charge in [0.2, 0.25) is 5.95 Å². The maximum Gasteiger partial charge on any atom is 0.225 e. The summed E-state index contributed by atoms with van der Waals surface area (Å²) in [6.45, 7) is 1.62. The van der Waals surface area contributed by atoms with Gasteiger partial charge in [0.15, 0.2) is 5.82 Å². The van der Waals surface area contributed by atoms with Crippen molar-refractivity contribution in [3.05, 3.63) is 36.8 Å². The normalized spacial score (nSPS) is 29.3. The number of hydrogen-bond acceptors (Lipinski definition) is 7. The third kappa shape index (κ3) is 3.01. The van der Waals surface area contributed by atoms with Gasteiger partial charge in [0.05, 0.1) is 30.7 Å². The van der Waals surface area contributed by atoms with E-state index in [0.717, 1.165) is 25.9 Å². The van der Waals surface area contributed by atoms with Gasteiger partial charge < -0.3 is 15.3 Å². The van der Waals surface area contributed by atoms with Crippen LogP contribution in [0.25, 0.3) is 0 Å². The van der Waals surface area contributed by atoms with Crippen molar-refractivity contribution >= 4 is 11.8 Å². The molecular weight excluding hydrogens is 311 g/mol. The van der Waals surface area contributed by atoms with Crippen LogP contribution in [0, 0.1) is 17.7 Å². The largest absolute Gasteiger partial charge is 0.391 e. The van der Waals surface area contributed by atoms with E-state index in [-0.39, 0.29) is 6.04 Å². The fraction of sp³-hybridized carbons (Fsp3) is 0.500. The zero-order valence-corrected chi connectivity index (χ0v) is 13.1. The molecule has 2 aliphatic rings. The van der Waals surface area contributed by atoms with Crippen molar-refractivity contribution < 1.29 is 9.50 Å². The van der Waals surface area contributed by atoms with Gasteiger partial charge in [0.1, 0.15) is 5.82 Å². The van der Waals surface area contributed by atoms with Crippen molar-refractivity contribution in [1.82, 2.24) is 19.9 Å². The highest BCUT2D eigenvalue weighted by Gasteiger charge is 2.42. The summed E-state index contributed by atoms with van der Waals surface area (Å²) in [5, 5.41) is 13.7. The number of rotatable bonds is 3. The number of anilines is 2. The minimum atomic E-state index is -0.431. The quantitative estimate of drug-likeness (QED) is 0.871. The minimum Gasteiger partial charge on any atom is -0.391 e. The van der Waals surface area contributed by atoms with Crippen molar-refractivity contribution in [2.45, 2.75) is 25.0 Å². The van der Waals surface area contributed by atoms with Gasteiger partial charge in [-0.3, -0.25) is 4.98 Å². The molecule has 2 aromatic heterocycles. The van der Waals surface area contributed by atoms with E-state index in [0.29, 0.717) is 23.6 Å². The van der Waals surface area contributed by atoms with Gasteiger partial charge in [-0.05, 0) is 24.7 Å². The Morgan fingerprint density at radius 1 is 1.04 bits per heavy atom. The maximum atomic E-state index is 13.0. The monoisotopic (exact) mass is 330 g/mol. The number of aromatic nitrogens is 4. The van der Waals surface area contributed by atoms with E-state index in [4.69, 9.17) is 0 Å². The molecule has 0 aromatic carbocycles. The summed E-state index contributed by atoms with van der Waals surface area (Å²) in [4.78, 5) is 18.5. The topological polar surface area (TPSA) is 87.1 Å². The van der Waals surface area contributed by atoms with Crippen molar-refractivity contribution in [3.63, 3.8) is 0 Å². The first-order chi connectivity index (χ1) is 11.7. The molecule has 2 N–H and O–H groups in total. The molecule has 0 bridgehead atoms. The van der Waals surface area contributed by atoms with Crippen LogP contribution in [0.3, 0.4) is 0 Å². The molecule has 1 aliphatic heterocycles. The Labute approximate surface area is 139 Å². The number of nitrogens with zero attached hydrogens (tertiary/aromatic N) is 5. The van der Waals surface area contributed by atoms with Crippen LogP contribution in [0.4, 0.5) is 16.2 Å². The second-order valence-corrected chi connectivity index (χ2v) is 6.51. The molecule has 4 atom stereocenters. The molecule has 2 fully saturated rings. The second-order valence-electron chi connectivity index (χ2n) is 6.51. The zero-order chi connectivity index (χ0) is 16.5. The molecule has 24 heavy (non-hydrogen) atoms. The Kier molecular flexibility index (Phi) is 3.97. The molecule has 0 amide bonds. The average Bonchev–Trinajstić information content (AvgIpc) is 2.99. The number of aliphatic hydroxyl groups is 1. The van der Waals surface area contributed by atoms with Crippen molar-refractivity contribution in [2.24, 2.45) is 11.8 Å². The molecule has 7 nitrogen and oxygen atoms in total. The Bertz CT molecular complexity index is 685. The summed E-state index contributed by atoms with van der Waals surface area (Å²) in [5.74, 6) is 1.64. The first-order valence-corrected chi connectivity index (χ1v) is 8.12. The highest BCUT2D eigenvalue weighted by atomic mass is 19.1. The number of halogens is 1. The van der Waals surface area contributed by atoms with Crippen molar-refractivity contribution in [2.75, 3.05) is 23.3 Å². The lowest BCUT2D eigenvalue weighted by Gasteiger charge is -2.35. The average molecular weight is 330 g/mol. The van der Waals surface area contributed by atoms with E-state index in [1.54, 1.807) is 18.6 Å². The molecule has 8 heteroatoms. The van der Waals surface area contributed by atoms with E-state index in [1.165, 1.54) is 12.4 Å². The molecule has 1 saturated carbocycles. The lowest BCUT2D eigenvalue weighted by molar-refractivity contribution is 0.0737. The van der Waals surface area contributed by atoms with Crippen LogP contribution in [0.15, 0.2) is 31.0 Å². The maximum absolute atomic E-state index is 13.0. The first kappa shape index (κ1) is 15.2. The van der Waals surface area contributed by atoms with Crippen LogP contribution in [-0.2, 0) is 0 Å². The molecule has 3 heterocycles. The molecular formula is C16H19FN6O. The number of hydrogen-bond donors (Lipinski definition) is 2.